The van der Waals surface area contributed by atoms with Gasteiger partial charge in [0.25, 0.3) is 10.1 Å². The van der Waals surface area contributed by atoms with Crippen LogP contribution in [0.25, 0.3) is 0 Å². The number of aliphatic hydroxyl groups excluding tert-OH is 1. The summed E-state index contributed by atoms with van der Waals surface area (Å²) in [5.41, 5.74) is 1.13. The van der Waals surface area contributed by atoms with Gasteiger partial charge in [0.05, 0.1) is 18.9 Å². The Bertz CT molecular complexity index is 1020. The van der Waals surface area contributed by atoms with E-state index in [1.807, 2.05) is 18.2 Å². The highest BCUT2D eigenvalue weighted by Gasteiger charge is 2.29. The summed E-state index contributed by atoms with van der Waals surface area (Å²) in [5.74, 6) is 0.936. The lowest BCUT2D eigenvalue weighted by Crippen LogP contribution is -2.43. The molecular formula is C20H22BrNO8S. The van der Waals surface area contributed by atoms with Crippen LogP contribution in [0.2, 0.25) is 0 Å². The van der Waals surface area contributed by atoms with E-state index in [9.17, 15) is 18.3 Å². The lowest BCUT2D eigenvalue weighted by atomic mass is 10.0. The highest BCUT2D eigenvalue weighted by Crippen LogP contribution is 2.38. The summed E-state index contributed by atoms with van der Waals surface area (Å²) in [6.07, 6.45) is -1.29. The van der Waals surface area contributed by atoms with Crippen molar-refractivity contribution in [1.82, 2.24) is 5.32 Å². The molecule has 0 unspecified atom stereocenters. The van der Waals surface area contributed by atoms with Crippen LogP contribution in [-0.2, 0) is 25.6 Å². The molecule has 0 fully saturated rings. The van der Waals surface area contributed by atoms with E-state index in [4.69, 9.17) is 18.4 Å². The largest absolute Gasteiger partial charge is 0.486 e. The van der Waals surface area contributed by atoms with Gasteiger partial charge in [-0.1, -0.05) is 46.3 Å². The van der Waals surface area contributed by atoms with Crippen LogP contribution >= 0.6 is 15.9 Å². The van der Waals surface area contributed by atoms with Gasteiger partial charge >= 0.3 is 6.09 Å². The van der Waals surface area contributed by atoms with E-state index in [-0.39, 0.29) is 6.61 Å². The minimum Gasteiger partial charge on any atom is -0.486 e. The molecule has 0 aliphatic carbocycles. The van der Waals surface area contributed by atoms with Crippen LogP contribution in [0.1, 0.15) is 17.2 Å². The number of ether oxygens (including phenoxy) is 3. The highest BCUT2D eigenvalue weighted by molar-refractivity contribution is 9.10. The summed E-state index contributed by atoms with van der Waals surface area (Å²) < 4.78 is 44.4. The van der Waals surface area contributed by atoms with Gasteiger partial charge in [-0.15, -0.1) is 0 Å². The number of hydrogen-bond donors (Lipinski definition) is 2. The lowest BCUT2D eigenvalue weighted by molar-refractivity contribution is 0.0820. The third-order valence-corrected chi connectivity index (χ3v) is 5.59. The van der Waals surface area contributed by atoms with Crippen LogP contribution in [0.15, 0.2) is 46.9 Å². The van der Waals surface area contributed by atoms with Crippen molar-refractivity contribution in [2.45, 2.75) is 18.8 Å². The Labute approximate surface area is 188 Å². The number of hydrogen-bond acceptors (Lipinski definition) is 8. The Morgan fingerprint density at radius 2 is 1.84 bits per heavy atom. The van der Waals surface area contributed by atoms with Gasteiger partial charge in [0, 0.05) is 10.0 Å². The molecule has 0 radical (unpaired) electrons. The summed E-state index contributed by atoms with van der Waals surface area (Å²) in [4.78, 5) is 12.3. The van der Waals surface area contributed by atoms with Gasteiger partial charge < -0.3 is 24.6 Å². The molecule has 1 heterocycles. The molecule has 1 aliphatic heterocycles. The molecular weight excluding hydrogens is 494 g/mol. The van der Waals surface area contributed by atoms with Crippen LogP contribution in [0.5, 0.6) is 11.5 Å². The molecule has 0 saturated heterocycles. The maximum Gasteiger partial charge on any atom is 0.407 e. The van der Waals surface area contributed by atoms with E-state index in [1.165, 1.54) is 0 Å². The summed E-state index contributed by atoms with van der Waals surface area (Å²) in [7, 11) is -3.81. The Morgan fingerprint density at radius 1 is 1.19 bits per heavy atom. The number of aliphatic hydroxyl groups is 1. The van der Waals surface area contributed by atoms with Gasteiger partial charge in [-0.2, -0.15) is 8.42 Å². The van der Waals surface area contributed by atoms with E-state index in [0.717, 1.165) is 11.8 Å². The monoisotopic (exact) mass is 515 g/mol. The maximum atomic E-state index is 12.3. The fraction of sp³-hybridized carbons (Fsp3) is 0.350. The zero-order valence-corrected chi connectivity index (χ0v) is 19.0. The number of halogens is 1. The first-order valence-corrected chi connectivity index (χ1v) is 11.9. The summed E-state index contributed by atoms with van der Waals surface area (Å²) in [6.45, 7) is 0.271. The molecule has 31 heavy (non-hydrogen) atoms. The Kier molecular flexibility index (Phi) is 7.76. The first-order chi connectivity index (χ1) is 14.7. The van der Waals surface area contributed by atoms with E-state index >= 15 is 0 Å². The third kappa shape index (κ3) is 6.82. The summed E-state index contributed by atoms with van der Waals surface area (Å²) in [6, 6.07) is 11.1. The topological polar surface area (TPSA) is 120 Å². The van der Waals surface area contributed by atoms with Crippen LogP contribution in [-0.4, -0.2) is 51.7 Å². The average molecular weight is 516 g/mol. The van der Waals surface area contributed by atoms with Gasteiger partial charge in [-0.25, -0.2) is 4.79 Å². The Balaban J connectivity index is 1.75. The molecule has 3 rings (SSSR count). The van der Waals surface area contributed by atoms with Gasteiger partial charge in [0.2, 0.25) is 0 Å². The van der Waals surface area contributed by atoms with E-state index in [1.54, 1.807) is 24.3 Å². The zero-order chi connectivity index (χ0) is 22.4. The smallest absolute Gasteiger partial charge is 0.407 e. The van der Waals surface area contributed by atoms with Crippen LogP contribution < -0.4 is 14.8 Å². The minimum absolute atomic E-state index is 0.0101. The molecule has 0 saturated carbocycles. The van der Waals surface area contributed by atoms with Gasteiger partial charge in [-0.05, 0) is 17.7 Å². The number of alkyl carbamates (subject to hydrolysis) is 1. The van der Waals surface area contributed by atoms with Crippen LogP contribution in [0, 0.1) is 0 Å². The van der Waals surface area contributed by atoms with Crippen molar-refractivity contribution in [3.8, 4) is 11.5 Å². The summed E-state index contributed by atoms with van der Waals surface area (Å²) >= 11 is 3.36. The maximum absolute atomic E-state index is 12.3. The van der Waals surface area contributed by atoms with Crippen molar-refractivity contribution in [2.24, 2.45) is 0 Å². The molecule has 1 aliphatic rings. The number of carbonyl (C=O) groups is 1. The first kappa shape index (κ1) is 23.3. The molecule has 2 atom stereocenters. The number of rotatable bonds is 8. The molecule has 11 heteroatoms. The molecule has 2 N–H and O–H groups in total. The number of nitrogens with one attached hydrogen (secondary N) is 1. The van der Waals surface area contributed by atoms with E-state index in [0.29, 0.717) is 34.7 Å². The lowest BCUT2D eigenvalue weighted by Gasteiger charge is -2.26. The van der Waals surface area contributed by atoms with Crippen molar-refractivity contribution in [1.29, 1.82) is 0 Å². The SMILES string of the molecule is CS(=O)(=O)OC[C@@H](NC(=O)OCc1ccccc1)[C@H](O)c1cc2c(cc1Br)OCCO2. The van der Waals surface area contributed by atoms with Crippen molar-refractivity contribution in [3.63, 3.8) is 0 Å². The quantitative estimate of drug-likeness (QED) is 0.514. The van der Waals surface area contributed by atoms with Gasteiger partial charge in [-0.3, -0.25) is 4.18 Å². The Morgan fingerprint density at radius 3 is 2.48 bits per heavy atom. The second-order valence-corrected chi connectivity index (χ2v) is 9.26. The fourth-order valence-electron chi connectivity index (χ4n) is 2.85. The molecule has 168 valence electrons. The molecule has 0 aromatic heterocycles. The van der Waals surface area contributed by atoms with Crippen LogP contribution in [0.4, 0.5) is 4.79 Å². The highest BCUT2D eigenvalue weighted by atomic mass is 79.9. The first-order valence-electron chi connectivity index (χ1n) is 9.31. The second-order valence-electron chi connectivity index (χ2n) is 6.76. The van der Waals surface area contributed by atoms with Crippen LogP contribution in [0.3, 0.4) is 0 Å². The second kappa shape index (κ2) is 10.3. The number of carbonyl (C=O) groups excluding carboxylic acids is 1. The predicted molar refractivity (Wildman–Crippen MR) is 114 cm³/mol. The van der Waals surface area contributed by atoms with Crippen molar-refractivity contribution >= 4 is 32.1 Å². The minimum atomic E-state index is -3.81. The fourth-order valence-corrected chi connectivity index (χ4v) is 3.80. The van der Waals surface area contributed by atoms with E-state index in [2.05, 4.69) is 21.2 Å². The summed E-state index contributed by atoms with van der Waals surface area (Å²) in [5, 5.41) is 13.4. The van der Waals surface area contributed by atoms with Crippen molar-refractivity contribution in [2.75, 3.05) is 26.1 Å². The standard InChI is InChI=1S/C20H22BrNO8S/c1-31(25,26)30-12-16(22-20(24)29-11-13-5-3-2-4-6-13)19(23)14-9-17-18(10-15(14)21)28-8-7-27-17/h2-6,9-10,16,19,23H,7-8,11-12H2,1H3,(H,22,24)/t16-,19-/m1/s1. The van der Waals surface area contributed by atoms with Gasteiger partial charge in [0.1, 0.15) is 25.9 Å². The number of fused-ring (bicyclic) bond motifs is 1. The third-order valence-electron chi connectivity index (χ3n) is 4.34. The number of amides is 1. The normalized spacial score (nSPS) is 15.1. The Hall–Kier alpha value is -2.34. The van der Waals surface area contributed by atoms with Gasteiger partial charge in [0.15, 0.2) is 11.5 Å². The molecule has 0 spiro atoms. The molecule has 0 bridgehead atoms. The number of benzene rings is 2. The molecule has 2 aromatic carbocycles. The molecule has 2 aromatic rings. The van der Waals surface area contributed by atoms with Crippen molar-refractivity contribution in [3.05, 3.63) is 58.1 Å². The zero-order valence-electron chi connectivity index (χ0n) is 16.6. The van der Waals surface area contributed by atoms with Crippen molar-refractivity contribution < 1.29 is 36.7 Å². The average Bonchev–Trinajstić information content (AvgIpc) is 2.74. The molecule has 9 nitrogen and oxygen atoms in total. The van der Waals surface area contributed by atoms with E-state index < -0.39 is 35.0 Å². The predicted octanol–water partition coefficient (Wildman–Crippen LogP) is 2.52. The molecule has 1 amide bonds.